The second-order valence-electron chi connectivity index (χ2n) is 12.1. The molecular formula is C41H75NO4. The summed E-state index contributed by atoms with van der Waals surface area (Å²) in [6.45, 7) is 9.04. The van der Waals surface area contributed by atoms with E-state index in [1.54, 1.807) is 0 Å². The molecule has 5 nitrogen and oxygen atoms in total. The van der Waals surface area contributed by atoms with Crippen LogP contribution in [-0.2, 0) is 19.1 Å². The zero-order valence-corrected chi connectivity index (χ0v) is 30.6. The van der Waals surface area contributed by atoms with Gasteiger partial charge in [0.25, 0.3) is 6.47 Å². The average molecular weight is 646 g/mol. The number of nitrogens with one attached hydrogen (secondary N) is 1. The fraction of sp³-hybridized carbons (Fsp3) is 0.756. The molecule has 0 aliphatic rings. The van der Waals surface area contributed by atoms with Gasteiger partial charge in [-0.1, -0.05) is 146 Å². The summed E-state index contributed by atoms with van der Waals surface area (Å²) >= 11 is 0. The van der Waals surface area contributed by atoms with Gasteiger partial charge in [-0.05, 0) is 70.6 Å². The van der Waals surface area contributed by atoms with Crippen LogP contribution in [0.5, 0.6) is 0 Å². The van der Waals surface area contributed by atoms with Crippen molar-refractivity contribution in [2.45, 2.75) is 175 Å². The van der Waals surface area contributed by atoms with Gasteiger partial charge in [0.05, 0.1) is 0 Å². The first-order valence-electron chi connectivity index (χ1n) is 19.2. The Bertz CT molecular complexity index is 713. The second kappa shape index (κ2) is 45.0. The van der Waals surface area contributed by atoms with Crippen LogP contribution >= 0.6 is 0 Å². The van der Waals surface area contributed by atoms with Crippen molar-refractivity contribution >= 4 is 12.4 Å². The molecule has 268 valence electrons. The summed E-state index contributed by atoms with van der Waals surface area (Å²) < 4.78 is 9.68. The standard InChI is InChI=1S/C23H41NO4.C18H34/c1-2-3-4-5-6-7-8-9-10-11-12-13-14-15-16-17-23(26)28-21-19-24-18-20-27-22-25;1-3-5-7-9-11-13-15-17-18-16-14-12-10-8-6-4-2/h6-7,9-10,22,24H,2-5,8,11-21H2,1H3;11,13,17-18H,3-10,12,14-16H2,1-2H3/b7-6-,10-9-;13-11-,18-17-. The zero-order chi connectivity index (χ0) is 33.9. The van der Waals surface area contributed by atoms with Crippen LogP contribution < -0.4 is 5.32 Å². The lowest BCUT2D eigenvalue weighted by Crippen LogP contribution is -2.24. The highest BCUT2D eigenvalue weighted by atomic mass is 16.5. The number of hydrogen-bond donors (Lipinski definition) is 1. The van der Waals surface area contributed by atoms with Gasteiger partial charge in [-0.2, -0.15) is 0 Å². The molecule has 0 spiro atoms. The minimum absolute atomic E-state index is 0.128. The first kappa shape index (κ1) is 46.0. The molecule has 0 unspecified atom stereocenters. The third-order valence-electron chi connectivity index (χ3n) is 7.64. The number of esters is 1. The maximum atomic E-state index is 11.6. The molecule has 0 aromatic heterocycles. The lowest BCUT2D eigenvalue weighted by Gasteiger charge is -2.06. The first-order valence-corrected chi connectivity index (χ1v) is 19.2. The van der Waals surface area contributed by atoms with E-state index in [9.17, 15) is 9.59 Å². The van der Waals surface area contributed by atoms with Crippen LogP contribution in [0, 0.1) is 0 Å². The number of hydrogen-bond acceptors (Lipinski definition) is 5. The number of rotatable bonds is 34. The lowest BCUT2D eigenvalue weighted by atomic mass is 10.1. The van der Waals surface area contributed by atoms with Crippen molar-refractivity contribution in [3.05, 3.63) is 48.6 Å². The first-order chi connectivity index (χ1) is 22.7. The molecule has 0 heterocycles. The van der Waals surface area contributed by atoms with E-state index < -0.39 is 0 Å². The van der Waals surface area contributed by atoms with Crippen molar-refractivity contribution in [3.63, 3.8) is 0 Å². The molecule has 0 saturated heterocycles. The summed E-state index contributed by atoms with van der Waals surface area (Å²) in [6, 6.07) is 0. The van der Waals surface area contributed by atoms with Crippen LogP contribution in [0.4, 0.5) is 0 Å². The number of carbonyl (C=O) groups is 2. The van der Waals surface area contributed by atoms with E-state index >= 15 is 0 Å². The Morgan fingerprint density at radius 1 is 0.500 bits per heavy atom. The van der Waals surface area contributed by atoms with E-state index in [1.807, 2.05) is 0 Å². The molecule has 0 fully saturated rings. The van der Waals surface area contributed by atoms with Crippen LogP contribution in [0.1, 0.15) is 175 Å². The Morgan fingerprint density at radius 3 is 1.37 bits per heavy atom. The van der Waals surface area contributed by atoms with Crippen molar-refractivity contribution in [1.82, 2.24) is 5.32 Å². The van der Waals surface area contributed by atoms with E-state index in [0.29, 0.717) is 39.2 Å². The molecule has 5 heteroatoms. The molecule has 0 atom stereocenters. The highest BCUT2D eigenvalue weighted by Crippen LogP contribution is 2.09. The largest absolute Gasteiger partial charge is 0.467 e. The molecule has 0 rings (SSSR count). The van der Waals surface area contributed by atoms with Crippen LogP contribution in [0.15, 0.2) is 48.6 Å². The van der Waals surface area contributed by atoms with Crippen molar-refractivity contribution in [2.75, 3.05) is 26.3 Å². The highest BCUT2D eigenvalue weighted by Gasteiger charge is 2.02. The van der Waals surface area contributed by atoms with Gasteiger partial charge in [0.2, 0.25) is 0 Å². The molecule has 0 bridgehead atoms. The van der Waals surface area contributed by atoms with Gasteiger partial charge in [0.15, 0.2) is 0 Å². The lowest BCUT2D eigenvalue weighted by molar-refractivity contribution is -0.143. The topological polar surface area (TPSA) is 64.6 Å². The summed E-state index contributed by atoms with van der Waals surface area (Å²) in [4.78, 5) is 21.5. The smallest absolute Gasteiger partial charge is 0.305 e. The predicted molar refractivity (Wildman–Crippen MR) is 200 cm³/mol. The molecule has 0 aromatic carbocycles. The number of carbonyl (C=O) groups excluding carboxylic acids is 2. The molecule has 0 aromatic rings. The number of allylic oxidation sites excluding steroid dienone is 8. The van der Waals surface area contributed by atoms with Gasteiger partial charge < -0.3 is 14.8 Å². The van der Waals surface area contributed by atoms with Crippen molar-refractivity contribution in [2.24, 2.45) is 0 Å². The van der Waals surface area contributed by atoms with Crippen LogP contribution in [0.25, 0.3) is 0 Å². The van der Waals surface area contributed by atoms with E-state index in [2.05, 4.69) is 79.4 Å². The summed E-state index contributed by atoms with van der Waals surface area (Å²) in [7, 11) is 0. The molecule has 0 radical (unpaired) electrons. The second-order valence-corrected chi connectivity index (χ2v) is 12.1. The SMILES string of the molecule is CCCCC/C=C\C/C=C\CCCCCCCC.CCCCC/C=C\C/C=C\CCCCCCCC(=O)OCCNCCOC=O. The van der Waals surface area contributed by atoms with Gasteiger partial charge in [0.1, 0.15) is 13.2 Å². The molecule has 0 saturated carbocycles. The Kier molecular flexibility index (Phi) is 45.0. The van der Waals surface area contributed by atoms with Crippen molar-refractivity contribution in [3.8, 4) is 0 Å². The summed E-state index contributed by atoms with van der Waals surface area (Å²) in [5.74, 6) is -0.128. The average Bonchev–Trinajstić information content (AvgIpc) is 3.06. The maximum absolute atomic E-state index is 11.6. The van der Waals surface area contributed by atoms with Gasteiger partial charge in [-0.3, -0.25) is 9.59 Å². The van der Waals surface area contributed by atoms with Crippen molar-refractivity contribution < 1.29 is 19.1 Å². The Labute approximate surface area is 286 Å². The Morgan fingerprint density at radius 2 is 0.891 bits per heavy atom. The summed E-state index contributed by atoms with van der Waals surface area (Å²) in [5, 5.41) is 3.03. The minimum atomic E-state index is -0.128. The summed E-state index contributed by atoms with van der Waals surface area (Å²) in [6.07, 6.45) is 48.0. The third-order valence-corrected chi connectivity index (χ3v) is 7.64. The monoisotopic (exact) mass is 646 g/mol. The Hall–Kier alpha value is -2.14. The van der Waals surface area contributed by atoms with Crippen molar-refractivity contribution in [1.29, 1.82) is 0 Å². The number of ether oxygens (including phenoxy) is 2. The normalized spacial score (nSPS) is 11.5. The Balaban J connectivity index is 0. The minimum Gasteiger partial charge on any atom is -0.467 e. The van der Waals surface area contributed by atoms with E-state index in [4.69, 9.17) is 4.74 Å². The fourth-order valence-corrected chi connectivity index (χ4v) is 4.76. The maximum Gasteiger partial charge on any atom is 0.305 e. The van der Waals surface area contributed by atoms with Crippen LogP contribution in [-0.4, -0.2) is 38.7 Å². The van der Waals surface area contributed by atoms with E-state index in [-0.39, 0.29) is 5.97 Å². The molecule has 0 aliphatic heterocycles. The highest BCUT2D eigenvalue weighted by molar-refractivity contribution is 5.69. The quantitative estimate of drug-likeness (QED) is 0.0326. The number of unbranched alkanes of at least 4 members (excludes halogenated alkanes) is 17. The predicted octanol–water partition coefficient (Wildman–Crippen LogP) is 11.9. The molecule has 0 amide bonds. The molecule has 46 heavy (non-hydrogen) atoms. The fourth-order valence-electron chi connectivity index (χ4n) is 4.76. The van der Waals surface area contributed by atoms with E-state index in [0.717, 1.165) is 32.1 Å². The van der Waals surface area contributed by atoms with Gasteiger partial charge in [-0.25, -0.2) is 0 Å². The molecular weight excluding hydrogens is 570 g/mol. The zero-order valence-electron chi connectivity index (χ0n) is 30.6. The van der Waals surface area contributed by atoms with Gasteiger partial charge >= 0.3 is 5.97 Å². The summed E-state index contributed by atoms with van der Waals surface area (Å²) in [5.41, 5.74) is 0. The van der Waals surface area contributed by atoms with E-state index in [1.165, 1.54) is 116 Å². The van der Waals surface area contributed by atoms with Gasteiger partial charge in [-0.15, -0.1) is 0 Å². The molecule has 1 N–H and O–H groups in total. The van der Waals surface area contributed by atoms with Crippen LogP contribution in [0.2, 0.25) is 0 Å². The molecule has 0 aliphatic carbocycles. The van der Waals surface area contributed by atoms with Gasteiger partial charge in [0, 0.05) is 19.5 Å². The van der Waals surface area contributed by atoms with Crippen LogP contribution in [0.3, 0.4) is 0 Å². The third kappa shape index (κ3) is 46.3.